The number of fused-ring (bicyclic) bond motifs is 2. The SMILES string of the molecule is CN1CCn2c(ccc2C(F)(F)C(F)(F)F)C12CCNCC2. The second-order valence-electron chi connectivity index (χ2n) is 6.03. The Kier molecular flexibility index (Phi) is 3.52. The predicted octanol–water partition coefficient (Wildman–Crippen LogP) is 2.67. The smallest absolute Gasteiger partial charge is 0.340 e. The van der Waals surface area contributed by atoms with Gasteiger partial charge in [-0.2, -0.15) is 22.0 Å². The average Bonchev–Trinajstić information content (AvgIpc) is 2.89. The Morgan fingerprint density at radius 2 is 1.68 bits per heavy atom. The molecule has 2 aliphatic rings. The highest BCUT2D eigenvalue weighted by Gasteiger charge is 2.61. The minimum absolute atomic E-state index is 0.148. The molecule has 0 radical (unpaired) electrons. The van der Waals surface area contributed by atoms with Gasteiger partial charge >= 0.3 is 12.1 Å². The fraction of sp³-hybridized carbons (Fsp3) is 0.714. The van der Waals surface area contributed by atoms with Crippen LogP contribution in [0.4, 0.5) is 22.0 Å². The summed E-state index contributed by atoms with van der Waals surface area (Å²) in [5.41, 5.74) is -0.827. The van der Waals surface area contributed by atoms with Crippen LogP contribution in [0.1, 0.15) is 24.2 Å². The van der Waals surface area contributed by atoms with Crippen LogP contribution >= 0.6 is 0 Å². The molecule has 1 fully saturated rings. The molecule has 1 spiro atoms. The molecule has 0 atom stereocenters. The first-order valence-corrected chi connectivity index (χ1v) is 7.27. The first-order valence-electron chi connectivity index (χ1n) is 7.27. The fourth-order valence-electron chi connectivity index (χ4n) is 3.67. The molecular formula is C14H18F5N3. The number of likely N-dealkylation sites (N-methyl/N-ethyl adjacent to an activating group) is 1. The van der Waals surface area contributed by atoms with E-state index >= 15 is 0 Å². The van der Waals surface area contributed by atoms with Gasteiger partial charge in [0.25, 0.3) is 0 Å². The normalized spacial score (nSPS) is 22.8. The van der Waals surface area contributed by atoms with Gasteiger partial charge in [0.2, 0.25) is 0 Å². The highest BCUT2D eigenvalue weighted by atomic mass is 19.4. The maximum absolute atomic E-state index is 13.8. The predicted molar refractivity (Wildman–Crippen MR) is 70.8 cm³/mol. The van der Waals surface area contributed by atoms with Crippen molar-refractivity contribution in [2.45, 2.75) is 37.0 Å². The molecule has 0 aliphatic carbocycles. The van der Waals surface area contributed by atoms with Crippen molar-refractivity contribution in [2.24, 2.45) is 0 Å². The van der Waals surface area contributed by atoms with Crippen LogP contribution in [0.5, 0.6) is 0 Å². The summed E-state index contributed by atoms with van der Waals surface area (Å²) in [4.78, 5) is 2.08. The summed E-state index contributed by atoms with van der Waals surface area (Å²) in [5, 5.41) is 3.20. The Balaban J connectivity index is 2.09. The first kappa shape index (κ1) is 15.7. The van der Waals surface area contributed by atoms with E-state index in [9.17, 15) is 22.0 Å². The zero-order valence-corrected chi connectivity index (χ0v) is 12.2. The molecule has 3 heterocycles. The highest BCUT2D eigenvalue weighted by molar-refractivity contribution is 5.30. The van der Waals surface area contributed by atoms with Gasteiger partial charge in [-0.25, -0.2) is 0 Å². The molecule has 22 heavy (non-hydrogen) atoms. The Hall–Kier alpha value is -1.15. The van der Waals surface area contributed by atoms with Gasteiger partial charge in [0, 0.05) is 18.8 Å². The van der Waals surface area contributed by atoms with Crippen molar-refractivity contribution in [1.29, 1.82) is 0 Å². The van der Waals surface area contributed by atoms with Crippen LogP contribution in [-0.2, 0) is 18.0 Å². The third-order valence-electron chi connectivity index (χ3n) is 4.96. The summed E-state index contributed by atoms with van der Waals surface area (Å²) in [5.74, 6) is -4.82. The Bertz CT molecular complexity index is 557. The summed E-state index contributed by atoms with van der Waals surface area (Å²) < 4.78 is 66.8. The Morgan fingerprint density at radius 3 is 2.27 bits per heavy atom. The van der Waals surface area contributed by atoms with E-state index in [-0.39, 0.29) is 6.54 Å². The molecule has 1 aromatic heterocycles. The minimum atomic E-state index is -5.58. The lowest BCUT2D eigenvalue weighted by molar-refractivity contribution is -0.292. The molecule has 0 unspecified atom stereocenters. The van der Waals surface area contributed by atoms with Crippen LogP contribution in [0.2, 0.25) is 0 Å². The molecule has 1 aromatic rings. The maximum Gasteiger partial charge on any atom is 0.459 e. The average molecular weight is 323 g/mol. The van der Waals surface area contributed by atoms with Gasteiger partial charge in [-0.05, 0) is 45.1 Å². The van der Waals surface area contributed by atoms with Crippen molar-refractivity contribution in [1.82, 2.24) is 14.8 Å². The number of hydrogen-bond donors (Lipinski definition) is 1. The number of piperidine rings is 1. The molecule has 0 amide bonds. The van der Waals surface area contributed by atoms with Crippen LogP contribution < -0.4 is 5.32 Å². The number of nitrogens with zero attached hydrogens (tertiary/aromatic N) is 2. The molecule has 3 nitrogen and oxygen atoms in total. The molecule has 1 N–H and O–H groups in total. The van der Waals surface area contributed by atoms with Gasteiger partial charge in [0.15, 0.2) is 0 Å². The number of hydrogen-bond acceptors (Lipinski definition) is 2. The van der Waals surface area contributed by atoms with E-state index in [1.54, 1.807) is 0 Å². The van der Waals surface area contributed by atoms with E-state index in [0.717, 1.165) is 19.2 Å². The number of alkyl halides is 5. The molecule has 0 aromatic carbocycles. The van der Waals surface area contributed by atoms with E-state index in [1.807, 2.05) is 7.05 Å². The summed E-state index contributed by atoms with van der Waals surface area (Å²) in [6, 6.07) is 2.38. The van der Waals surface area contributed by atoms with Crippen molar-refractivity contribution in [3.63, 3.8) is 0 Å². The second-order valence-corrected chi connectivity index (χ2v) is 6.03. The zero-order chi connectivity index (χ0) is 16.2. The van der Waals surface area contributed by atoms with Gasteiger partial charge in [-0.3, -0.25) is 4.90 Å². The van der Waals surface area contributed by atoms with Crippen LogP contribution in [0.15, 0.2) is 12.1 Å². The summed E-state index contributed by atoms with van der Waals surface area (Å²) in [6.07, 6.45) is -4.18. The third-order valence-corrected chi connectivity index (χ3v) is 4.96. The standard InChI is InChI=1S/C14H18F5N3/c1-21-8-9-22-10(12(21)4-6-20-7-5-12)2-3-11(22)13(15,16)14(17,18)19/h2-3,20H,4-9H2,1H3. The first-order chi connectivity index (χ1) is 10.2. The Labute approximate surface area is 125 Å². The van der Waals surface area contributed by atoms with E-state index in [2.05, 4.69) is 10.2 Å². The van der Waals surface area contributed by atoms with E-state index in [1.165, 1.54) is 10.6 Å². The van der Waals surface area contributed by atoms with Crippen molar-refractivity contribution in [3.05, 3.63) is 23.5 Å². The molecule has 0 bridgehead atoms. The Morgan fingerprint density at radius 1 is 1.05 bits per heavy atom. The molecule has 3 rings (SSSR count). The van der Waals surface area contributed by atoms with Crippen LogP contribution in [0.25, 0.3) is 0 Å². The zero-order valence-electron chi connectivity index (χ0n) is 12.2. The largest absolute Gasteiger partial charge is 0.459 e. The number of aromatic nitrogens is 1. The molecular weight excluding hydrogens is 305 g/mol. The molecule has 2 aliphatic heterocycles. The van der Waals surface area contributed by atoms with Crippen molar-refractivity contribution in [2.75, 3.05) is 26.7 Å². The minimum Gasteiger partial charge on any atom is -0.340 e. The van der Waals surface area contributed by atoms with Gasteiger partial charge < -0.3 is 9.88 Å². The molecule has 8 heteroatoms. The maximum atomic E-state index is 13.8. The molecule has 124 valence electrons. The lowest BCUT2D eigenvalue weighted by Crippen LogP contribution is -2.55. The van der Waals surface area contributed by atoms with Crippen LogP contribution in [-0.4, -0.2) is 42.3 Å². The molecule has 1 saturated heterocycles. The third kappa shape index (κ3) is 2.07. The topological polar surface area (TPSA) is 20.2 Å². The number of nitrogens with one attached hydrogen (secondary N) is 1. The lowest BCUT2D eigenvalue weighted by atomic mass is 9.82. The van der Waals surface area contributed by atoms with Gasteiger partial charge in [0.05, 0.1) is 11.2 Å². The second kappa shape index (κ2) is 4.92. The summed E-state index contributed by atoms with van der Waals surface area (Å²) >= 11 is 0. The van der Waals surface area contributed by atoms with Crippen molar-refractivity contribution < 1.29 is 22.0 Å². The van der Waals surface area contributed by atoms with Crippen molar-refractivity contribution >= 4 is 0 Å². The van der Waals surface area contributed by atoms with Gasteiger partial charge in [-0.15, -0.1) is 0 Å². The van der Waals surface area contributed by atoms with Crippen LogP contribution in [0, 0.1) is 0 Å². The fourth-order valence-corrected chi connectivity index (χ4v) is 3.67. The van der Waals surface area contributed by atoms with E-state index in [4.69, 9.17) is 0 Å². The van der Waals surface area contributed by atoms with E-state index in [0.29, 0.717) is 25.1 Å². The highest BCUT2D eigenvalue weighted by Crippen LogP contribution is 2.47. The number of halogens is 5. The number of rotatable bonds is 1. The molecule has 0 saturated carbocycles. The van der Waals surface area contributed by atoms with E-state index < -0.39 is 23.3 Å². The van der Waals surface area contributed by atoms with Crippen molar-refractivity contribution in [3.8, 4) is 0 Å². The summed E-state index contributed by atoms with van der Waals surface area (Å²) in [7, 11) is 1.91. The quantitative estimate of drug-likeness (QED) is 0.802. The monoisotopic (exact) mass is 323 g/mol. The lowest BCUT2D eigenvalue weighted by Gasteiger charge is -2.49. The van der Waals surface area contributed by atoms with Gasteiger partial charge in [-0.1, -0.05) is 0 Å². The van der Waals surface area contributed by atoms with Gasteiger partial charge in [0.1, 0.15) is 0 Å². The van der Waals surface area contributed by atoms with Crippen LogP contribution in [0.3, 0.4) is 0 Å². The summed E-state index contributed by atoms with van der Waals surface area (Å²) in [6.45, 7) is 2.05.